The molecule has 0 aromatic carbocycles. The molecule has 4 aliphatic heterocycles. The molecule has 19 heteroatoms. The highest BCUT2D eigenvalue weighted by molar-refractivity contribution is 4.98. The van der Waals surface area contributed by atoms with Crippen LogP contribution < -0.4 is 0 Å². The Bertz CT molecular complexity index is 898. The zero-order valence-electron chi connectivity index (χ0n) is 23.9. The normalized spacial score (nSPS) is 53.9. The number of hydrogen-bond acceptors (Lipinski definition) is 19. The van der Waals surface area contributed by atoms with E-state index in [1.165, 1.54) is 13.8 Å². The van der Waals surface area contributed by atoms with Crippen molar-refractivity contribution >= 4 is 0 Å². The lowest BCUT2D eigenvalue weighted by Gasteiger charge is -2.50. The molecule has 4 aliphatic rings. The Morgan fingerprint density at radius 3 is 1.41 bits per heavy atom. The summed E-state index contributed by atoms with van der Waals surface area (Å²) in [5.74, 6) is 0. The average Bonchev–Trinajstić information content (AvgIpc) is 3.01. The van der Waals surface area contributed by atoms with Gasteiger partial charge in [0.25, 0.3) is 0 Å². The molecule has 0 spiro atoms. The van der Waals surface area contributed by atoms with E-state index in [0.717, 1.165) is 0 Å². The predicted molar refractivity (Wildman–Crippen MR) is 136 cm³/mol. The van der Waals surface area contributed by atoms with Crippen LogP contribution in [-0.4, -0.2) is 204 Å². The van der Waals surface area contributed by atoms with Crippen LogP contribution in [0.2, 0.25) is 0 Å². The molecule has 20 atom stereocenters. The minimum absolute atomic E-state index is 0.695. The quantitative estimate of drug-likeness (QED) is 0.110. The molecule has 0 aromatic rings. The van der Waals surface area contributed by atoms with Gasteiger partial charge in [-0.1, -0.05) is 0 Å². The minimum atomic E-state index is -1.95. The smallest absolute Gasteiger partial charge is 0.187 e. The molecule has 0 aromatic heterocycles. The number of rotatable bonds is 9. The first-order valence-corrected chi connectivity index (χ1v) is 14.3. The van der Waals surface area contributed by atoms with E-state index in [0.29, 0.717) is 0 Å². The van der Waals surface area contributed by atoms with Crippen molar-refractivity contribution in [2.24, 2.45) is 0 Å². The van der Waals surface area contributed by atoms with E-state index in [1.54, 1.807) is 0 Å². The highest BCUT2D eigenvalue weighted by Crippen LogP contribution is 2.35. The van der Waals surface area contributed by atoms with Crippen LogP contribution in [0.3, 0.4) is 0 Å². The summed E-state index contributed by atoms with van der Waals surface area (Å²) in [4.78, 5) is 0. The number of aliphatic hydroxyl groups excluding tert-OH is 12. The molecule has 18 unspecified atom stereocenters. The van der Waals surface area contributed by atoms with Crippen molar-refractivity contribution in [1.82, 2.24) is 0 Å². The van der Waals surface area contributed by atoms with Gasteiger partial charge in [0.05, 0.1) is 32.0 Å². The van der Waals surface area contributed by atoms with Crippen LogP contribution >= 0.6 is 0 Å². The van der Waals surface area contributed by atoms with Crippen molar-refractivity contribution in [2.45, 2.75) is 136 Å². The topological polar surface area (TPSA) is 307 Å². The summed E-state index contributed by atoms with van der Waals surface area (Å²) in [7, 11) is 0. The van der Waals surface area contributed by atoms with Gasteiger partial charge >= 0.3 is 0 Å². The Labute approximate surface area is 251 Å². The molecule has 12 N–H and O–H groups in total. The van der Waals surface area contributed by atoms with Gasteiger partial charge in [-0.3, -0.25) is 0 Å². The number of aliphatic hydroxyl groups is 12. The molecule has 4 heterocycles. The predicted octanol–water partition coefficient (Wildman–Crippen LogP) is -7.65. The highest BCUT2D eigenvalue weighted by atomic mass is 16.8. The van der Waals surface area contributed by atoms with Crippen molar-refractivity contribution in [1.29, 1.82) is 0 Å². The summed E-state index contributed by atoms with van der Waals surface area (Å²) in [6, 6.07) is 0. The van der Waals surface area contributed by atoms with Crippen LogP contribution in [0.25, 0.3) is 0 Å². The minimum Gasteiger partial charge on any atom is -0.394 e. The molecule has 44 heavy (non-hydrogen) atoms. The molecule has 4 fully saturated rings. The molecule has 0 amide bonds. The van der Waals surface area contributed by atoms with Crippen LogP contribution in [0, 0.1) is 0 Å². The van der Waals surface area contributed by atoms with E-state index in [9.17, 15) is 61.3 Å². The zero-order chi connectivity index (χ0) is 32.6. The second kappa shape index (κ2) is 15.0. The van der Waals surface area contributed by atoms with Gasteiger partial charge in [-0.05, 0) is 13.8 Å². The third-order valence-corrected chi connectivity index (χ3v) is 8.43. The Kier molecular flexibility index (Phi) is 12.3. The Morgan fingerprint density at radius 1 is 0.386 bits per heavy atom. The summed E-state index contributed by atoms with van der Waals surface area (Å²) < 4.78 is 39.7. The van der Waals surface area contributed by atoms with E-state index in [2.05, 4.69) is 0 Å². The van der Waals surface area contributed by atoms with Gasteiger partial charge in [0.1, 0.15) is 91.6 Å². The second-order valence-corrected chi connectivity index (χ2v) is 11.4. The first-order chi connectivity index (χ1) is 20.7. The fourth-order valence-corrected chi connectivity index (χ4v) is 5.66. The first kappa shape index (κ1) is 36.1. The summed E-state index contributed by atoms with van der Waals surface area (Å²) in [6.07, 6.45) is -32.4. The second-order valence-electron chi connectivity index (χ2n) is 11.4. The van der Waals surface area contributed by atoms with Crippen LogP contribution in [-0.2, 0) is 33.2 Å². The SMILES string of the molecule is CC1OC(OC2C(OC3C(O)C(O)[C@@H](C)O[C@H]3CO)OC(CO)C(O)C2OC2OC(CO)C(O)C(O)C2O)C(O)C(O)C1O. The molecule has 4 rings (SSSR count). The Hall–Kier alpha value is -0.760. The van der Waals surface area contributed by atoms with E-state index >= 15 is 0 Å². The van der Waals surface area contributed by atoms with E-state index < -0.39 is 142 Å². The molecule has 4 saturated heterocycles. The molecule has 19 nitrogen and oxygen atoms in total. The summed E-state index contributed by atoms with van der Waals surface area (Å²) in [5, 5.41) is 124. The molecular weight excluding hydrogens is 604 g/mol. The van der Waals surface area contributed by atoms with Crippen molar-refractivity contribution in [3.05, 3.63) is 0 Å². The van der Waals surface area contributed by atoms with Gasteiger partial charge < -0.3 is 94.4 Å². The lowest BCUT2D eigenvalue weighted by Crippen LogP contribution is -2.68. The largest absolute Gasteiger partial charge is 0.394 e. The van der Waals surface area contributed by atoms with Gasteiger partial charge in [0.2, 0.25) is 0 Å². The van der Waals surface area contributed by atoms with Crippen molar-refractivity contribution in [3.63, 3.8) is 0 Å². The Balaban J connectivity index is 1.69. The molecule has 258 valence electrons. The zero-order valence-corrected chi connectivity index (χ0v) is 23.9. The van der Waals surface area contributed by atoms with Crippen LogP contribution in [0.1, 0.15) is 13.8 Å². The van der Waals surface area contributed by atoms with Crippen LogP contribution in [0.4, 0.5) is 0 Å². The van der Waals surface area contributed by atoms with Gasteiger partial charge in [-0.2, -0.15) is 0 Å². The van der Waals surface area contributed by atoms with Crippen molar-refractivity contribution in [2.75, 3.05) is 19.8 Å². The lowest BCUT2D eigenvalue weighted by atomic mass is 9.94. The standard InChI is InChI=1S/C25H44O19/c1-6-12(30)17(35)20(10(5-28)38-6)42-25-22(44-23-18(36)15(33)11(29)7(2)39-23)21(14(32)9(4-27)41-25)43-24-19(37)16(34)13(31)8(3-26)40-24/h6-37H,3-5H2,1-2H3/t6-,7?,8?,9?,10+,11?,12?,13?,14?,15?,16?,17?,18?,19?,20?,21?,22?,23?,24?,25?/m1/s1. The summed E-state index contributed by atoms with van der Waals surface area (Å²) >= 11 is 0. The maximum absolute atomic E-state index is 11.2. The third kappa shape index (κ3) is 7.06. The van der Waals surface area contributed by atoms with Crippen LogP contribution in [0.15, 0.2) is 0 Å². The molecule has 0 saturated carbocycles. The first-order valence-electron chi connectivity index (χ1n) is 14.3. The summed E-state index contributed by atoms with van der Waals surface area (Å²) in [5.41, 5.74) is 0. The van der Waals surface area contributed by atoms with Crippen molar-refractivity contribution < 1.29 is 94.4 Å². The fraction of sp³-hybridized carbons (Fsp3) is 1.00. The van der Waals surface area contributed by atoms with E-state index in [1.807, 2.05) is 0 Å². The van der Waals surface area contributed by atoms with Gasteiger partial charge in [0.15, 0.2) is 18.9 Å². The monoisotopic (exact) mass is 648 g/mol. The van der Waals surface area contributed by atoms with E-state index in [-0.39, 0.29) is 0 Å². The van der Waals surface area contributed by atoms with E-state index in [4.69, 9.17) is 33.2 Å². The maximum Gasteiger partial charge on any atom is 0.187 e. The number of hydrogen-bond donors (Lipinski definition) is 12. The van der Waals surface area contributed by atoms with Crippen molar-refractivity contribution in [3.8, 4) is 0 Å². The Morgan fingerprint density at radius 2 is 0.818 bits per heavy atom. The van der Waals surface area contributed by atoms with Gasteiger partial charge in [-0.15, -0.1) is 0 Å². The summed E-state index contributed by atoms with van der Waals surface area (Å²) in [6.45, 7) is 0.444. The van der Waals surface area contributed by atoms with Gasteiger partial charge in [-0.25, -0.2) is 0 Å². The molecule has 0 radical (unpaired) electrons. The molecule has 0 bridgehead atoms. The number of ether oxygens (including phenoxy) is 7. The molecular formula is C25H44O19. The van der Waals surface area contributed by atoms with Crippen LogP contribution in [0.5, 0.6) is 0 Å². The molecule has 0 aliphatic carbocycles. The average molecular weight is 649 g/mol. The fourth-order valence-electron chi connectivity index (χ4n) is 5.66. The highest BCUT2D eigenvalue weighted by Gasteiger charge is 2.56. The third-order valence-electron chi connectivity index (χ3n) is 8.43. The van der Waals surface area contributed by atoms with Gasteiger partial charge in [0, 0.05) is 0 Å². The lowest BCUT2D eigenvalue weighted by molar-refractivity contribution is -0.401. The maximum atomic E-state index is 11.2.